The van der Waals surface area contributed by atoms with Gasteiger partial charge >= 0.3 is 0 Å². The second kappa shape index (κ2) is 6.56. The molecule has 2 rings (SSSR count). The highest BCUT2D eigenvalue weighted by Gasteiger charge is 2.11. The van der Waals surface area contributed by atoms with Gasteiger partial charge in [0, 0.05) is 18.3 Å². The van der Waals surface area contributed by atoms with Gasteiger partial charge in [0.1, 0.15) is 0 Å². The van der Waals surface area contributed by atoms with Crippen LogP contribution in [-0.2, 0) is 11.2 Å². The average molecular weight is 283 g/mol. The van der Waals surface area contributed by atoms with Crippen molar-refractivity contribution in [3.8, 4) is 0 Å². The summed E-state index contributed by atoms with van der Waals surface area (Å²) in [5, 5.41) is 11.6. The molecule has 5 nitrogen and oxygen atoms in total. The SMILES string of the molecule is CN(C(=O)Cc1ccccc1)c1ccc(C(N)=NO)cc1. The van der Waals surface area contributed by atoms with Gasteiger partial charge in [-0.15, -0.1) is 0 Å². The molecular formula is C16H17N3O2. The molecule has 0 saturated heterocycles. The van der Waals surface area contributed by atoms with E-state index in [-0.39, 0.29) is 11.7 Å². The van der Waals surface area contributed by atoms with E-state index >= 15 is 0 Å². The van der Waals surface area contributed by atoms with Crippen molar-refractivity contribution in [1.29, 1.82) is 0 Å². The number of hydrogen-bond donors (Lipinski definition) is 2. The highest BCUT2D eigenvalue weighted by Crippen LogP contribution is 2.15. The molecule has 0 heterocycles. The molecule has 0 spiro atoms. The van der Waals surface area contributed by atoms with Gasteiger partial charge in [-0.3, -0.25) is 4.79 Å². The van der Waals surface area contributed by atoms with Crippen molar-refractivity contribution in [2.24, 2.45) is 10.9 Å². The van der Waals surface area contributed by atoms with Gasteiger partial charge < -0.3 is 15.8 Å². The molecule has 0 fully saturated rings. The molecule has 0 atom stereocenters. The van der Waals surface area contributed by atoms with Crippen LogP contribution < -0.4 is 10.6 Å². The Bertz CT molecular complexity index is 636. The van der Waals surface area contributed by atoms with E-state index in [2.05, 4.69) is 5.16 Å². The van der Waals surface area contributed by atoms with Crippen LogP contribution in [0, 0.1) is 0 Å². The lowest BCUT2D eigenvalue weighted by molar-refractivity contribution is -0.117. The molecule has 2 aromatic rings. The zero-order valence-corrected chi connectivity index (χ0v) is 11.7. The van der Waals surface area contributed by atoms with Gasteiger partial charge in [-0.05, 0) is 29.8 Å². The van der Waals surface area contributed by atoms with Gasteiger partial charge in [0.15, 0.2) is 5.84 Å². The quantitative estimate of drug-likeness (QED) is 0.390. The first-order chi connectivity index (χ1) is 10.1. The summed E-state index contributed by atoms with van der Waals surface area (Å²) in [5.41, 5.74) is 7.83. The molecule has 108 valence electrons. The van der Waals surface area contributed by atoms with Gasteiger partial charge in [-0.1, -0.05) is 35.5 Å². The number of amidine groups is 1. The van der Waals surface area contributed by atoms with E-state index in [1.807, 2.05) is 30.3 Å². The molecule has 0 radical (unpaired) electrons. The third kappa shape index (κ3) is 3.60. The Morgan fingerprint density at radius 3 is 2.33 bits per heavy atom. The summed E-state index contributed by atoms with van der Waals surface area (Å²) in [5.74, 6) is 0.0394. The number of hydrogen-bond acceptors (Lipinski definition) is 3. The smallest absolute Gasteiger partial charge is 0.231 e. The molecule has 0 unspecified atom stereocenters. The van der Waals surface area contributed by atoms with Gasteiger partial charge in [0.05, 0.1) is 6.42 Å². The van der Waals surface area contributed by atoms with Crippen LogP contribution in [0.4, 0.5) is 5.69 Å². The van der Waals surface area contributed by atoms with Crippen molar-refractivity contribution < 1.29 is 10.0 Å². The molecule has 0 bridgehead atoms. The number of rotatable bonds is 4. The third-order valence-electron chi connectivity index (χ3n) is 3.23. The molecule has 0 aromatic heterocycles. The van der Waals surface area contributed by atoms with Crippen molar-refractivity contribution in [2.75, 3.05) is 11.9 Å². The first-order valence-corrected chi connectivity index (χ1v) is 6.50. The molecule has 0 aliphatic carbocycles. The minimum absolute atomic E-state index is 0.00209. The zero-order chi connectivity index (χ0) is 15.2. The summed E-state index contributed by atoms with van der Waals surface area (Å²) < 4.78 is 0. The summed E-state index contributed by atoms with van der Waals surface area (Å²) in [6, 6.07) is 16.5. The lowest BCUT2D eigenvalue weighted by Gasteiger charge is -2.17. The molecular weight excluding hydrogens is 266 g/mol. The predicted octanol–water partition coefficient (Wildman–Crippen LogP) is 1.99. The van der Waals surface area contributed by atoms with E-state index in [4.69, 9.17) is 10.9 Å². The van der Waals surface area contributed by atoms with E-state index in [9.17, 15) is 4.79 Å². The lowest BCUT2D eigenvalue weighted by atomic mass is 10.1. The molecule has 0 aliphatic rings. The summed E-state index contributed by atoms with van der Waals surface area (Å²) >= 11 is 0. The fourth-order valence-electron chi connectivity index (χ4n) is 1.95. The molecule has 0 aliphatic heterocycles. The van der Waals surface area contributed by atoms with Crippen molar-refractivity contribution in [3.63, 3.8) is 0 Å². The molecule has 3 N–H and O–H groups in total. The Labute approximate surface area is 123 Å². The number of nitrogens with zero attached hydrogens (tertiary/aromatic N) is 2. The number of benzene rings is 2. The van der Waals surface area contributed by atoms with Crippen molar-refractivity contribution in [2.45, 2.75) is 6.42 Å². The first-order valence-electron chi connectivity index (χ1n) is 6.50. The predicted molar refractivity (Wildman–Crippen MR) is 82.5 cm³/mol. The van der Waals surface area contributed by atoms with Gasteiger partial charge in [0.25, 0.3) is 0 Å². The fourth-order valence-corrected chi connectivity index (χ4v) is 1.95. The Balaban J connectivity index is 2.09. The number of amides is 1. The van der Waals surface area contributed by atoms with E-state index in [1.54, 1.807) is 36.2 Å². The van der Waals surface area contributed by atoms with Gasteiger partial charge in [-0.25, -0.2) is 0 Å². The van der Waals surface area contributed by atoms with E-state index in [1.165, 1.54) is 0 Å². The minimum Gasteiger partial charge on any atom is -0.409 e. The first kappa shape index (κ1) is 14.6. The number of oxime groups is 1. The molecule has 2 aromatic carbocycles. The van der Waals surface area contributed by atoms with E-state index < -0.39 is 0 Å². The Hall–Kier alpha value is -2.82. The molecule has 0 saturated carbocycles. The maximum atomic E-state index is 12.2. The third-order valence-corrected chi connectivity index (χ3v) is 3.23. The second-order valence-electron chi connectivity index (χ2n) is 4.65. The van der Waals surface area contributed by atoms with Crippen molar-refractivity contribution in [1.82, 2.24) is 0 Å². The van der Waals surface area contributed by atoms with Crippen LogP contribution in [0.15, 0.2) is 59.8 Å². The standard InChI is InChI=1S/C16H17N3O2/c1-19(15(20)11-12-5-3-2-4-6-12)14-9-7-13(8-10-14)16(17)18-21/h2-10,21H,11H2,1H3,(H2,17,18). The number of carbonyl (C=O) groups is 1. The largest absolute Gasteiger partial charge is 0.409 e. The second-order valence-corrected chi connectivity index (χ2v) is 4.65. The number of nitrogens with two attached hydrogens (primary N) is 1. The summed E-state index contributed by atoms with van der Waals surface area (Å²) in [4.78, 5) is 13.8. The number of likely N-dealkylation sites (N-methyl/N-ethyl adjacent to an activating group) is 1. The lowest BCUT2D eigenvalue weighted by Crippen LogP contribution is -2.27. The number of carbonyl (C=O) groups excluding carboxylic acids is 1. The van der Waals surface area contributed by atoms with Gasteiger partial charge in [0.2, 0.25) is 5.91 Å². The Kier molecular flexibility index (Phi) is 4.56. The highest BCUT2D eigenvalue weighted by atomic mass is 16.4. The highest BCUT2D eigenvalue weighted by molar-refractivity contribution is 5.98. The Morgan fingerprint density at radius 2 is 1.76 bits per heavy atom. The maximum Gasteiger partial charge on any atom is 0.231 e. The normalized spacial score (nSPS) is 11.2. The van der Waals surface area contributed by atoms with Crippen molar-refractivity contribution in [3.05, 3.63) is 65.7 Å². The number of anilines is 1. The maximum absolute atomic E-state index is 12.2. The van der Waals surface area contributed by atoms with Crippen molar-refractivity contribution >= 4 is 17.4 Å². The summed E-state index contributed by atoms with van der Waals surface area (Å²) in [7, 11) is 1.73. The van der Waals surface area contributed by atoms with Crippen LogP contribution in [0.5, 0.6) is 0 Å². The average Bonchev–Trinajstić information content (AvgIpc) is 2.54. The fraction of sp³-hybridized carbons (Fsp3) is 0.125. The van der Waals surface area contributed by atoms with Crippen LogP contribution in [0.1, 0.15) is 11.1 Å². The van der Waals surface area contributed by atoms with E-state index in [0.717, 1.165) is 11.3 Å². The van der Waals surface area contributed by atoms with Crippen LogP contribution >= 0.6 is 0 Å². The molecule has 5 heteroatoms. The van der Waals surface area contributed by atoms with Crippen LogP contribution in [0.3, 0.4) is 0 Å². The topological polar surface area (TPSA) is 78.9 Å². The van der Waals surface area contributed by atoms with Crippen LogP contribution in [0.2, 0.25) is 0 Å². The van der Waals surface area contributed by atoms with Crippen LogP contribution in [0.25, 0.3) is 0 Å². The summed E-state index contributed by atoms with van der Waals surface area (Å²) in [6.07, 6.45) is 0.347. The summed E-state index contributed by atoms with van der Waals surface area (Å²) in [6.45, 7) is 0. The molecule has 1 amide bonds. The monoisotopic (exact) mass is 283 g/mol. The van der Waals surface area contributed by atoms with E-state index in [0.29, 0.717) is 12.0 Å². The minimum atomic E-state index is -0.00209. The molecule has 21 heavy (non-hydrogen) atoms. The zero-order valence-electron chi connectivity index (χ0n) is 11.7. The Morgan fingerprint density at radius 1 is 1.14 bits per heavy atom. The van der Waals surface area contributed by atoms with Gasteiger partial charge in [-0.2, -0.15) is 0 Å². The van der Waals surface area contributed by atoms with Crippen LogP contribution in [-0.4, -0.2) is 24.0 Å².